The topological polar surface area (TPSA) is 41.6 Å². The molecule has 0 aromatic heterocycles. The Morgan fingerprint density at radius 1 is 1.04 bits per heavy atom. The van der Waals surface area contributed by atoms with Crippen LogP contribution in [0.5, 0.6) is 0 Å². The highest BCUT2D eigenvalue weighted by Gasteiger charge is 2.51. The predicted octanol–water partition coefficient (Wildman–Crippen LogP) is 4.16. The van der Waals surface area contributed by atoms with Crippen LogP contribution in [0.3, 0.4) is 0 Å². The summed E-state index contributed by atoms with van der Waals surface area (Å²) >= 11 is 1.96. The molecule has 1 aromatic carbocycles. The summed E-state index contributed by atoms with van der Waals surface area (Å²) in [6, 6.07) is 8.36. The van der Waals surface area contributed by atoms with E-state index < -0.39 is 0 Å². The first-order valence-electron chi connectivity index (χ1n) is 11.0. The summed E-state index contributed by atoms with van der Waals surface area (Å²) in [6.07, 6.45) is 8.45. The van der Waals surface area contributed by atoms with Crippen molar-refractivity contribution >= 4 is 23.4 Å². The van der Waals surface area contributed by atoms with E-state index in [1.54, 1.807) is 0 Å². The van der Waals surface area contributed by atoms with Crippen molar-refractivity contribution in [3.63, 3.8) is 0 Å². The van der Waals surface area contributed by atoms with Crippen molar-refractivity contribution in [2.24, 2.45) is 17.8 Å². The maximum absolute atomic E-state index is 12.6. The van der Waals surface area contributed by atoms with E-state index >= 15 is 0 Å². The number of benzene rings is 1. The number of anilines is 1. The molecule has 1 heterocycles. The first-order chi connectivity index (χ1) is 13.7. The molecule has 6 rings (SSSR count). The first kappa shape index (κ1) is 19.0. The Bertz CT molecular complexity index is 664. The summed E-state index contributed by atoms with van der Waals surface area (Å²) in [6.45, 7) is 4.62. The van der Waals surface area contributed by atoms with Crippen molar-refractivity contribution in [3.8, 4) is 0 Å². The second kappa shape index (κ2) is 8.00. The average Bonchev–Trinajstić information content (AvgIpc) is 2.68. The SMILES string of the molecule is O=C(CSC12CC3CC(CC(C3)C1)C2)Nc1ccc(CN2CCOCC2)cc1. The molecule has 5 fully saturated rings. The quantitative estimate of drug-likeness (QED) is 0.779. The number of rotatable bonds is 6. The molecule has 28 heavy (non-hydrogen) atoms. The predicted molar refractivity (Wildman–Crippen MR) is 115 cm³/mol. The van der Waals surface area contributed by atoms with Crippen LogP contribution in [0.1, 0.15) is 44.1 Å². The zero-order chi connectivity index (χ0) is 19.0. The molecule has 4 saturated carbocycles. The minimum atomic E-state index is 0.154. The van der Waals surface area contributed by atoms with E-state index in [0.717, 1.165) is 56.3 Å². The average molecular weight is 401 g/mol. The number of ether oxygens (including phenoxy) is 1. The molecule has 1 saturated heterocycles. The Balaban J connectivity index is 1.11. The van der Waals surface area contributed by atoms with Crippen LogP contribution in [0.4, 0.5) is 5.69 Å². The lowest BCUT2D eigenvalue weighted by Gasteiger charge is -2.56. The molecule has 4 aliphatic carbocycles. The van der Waals surface area contributed by atoms with Crippen molar-refractivity contribution in [2.45, 2.75) is 49.8 Å². The summed E-state index contributed by atoms with van der Waals surface area (Å²) in [5, 5.41) is 3.11. The molecule has 1 amide bonds. The number of nitrogens with one attached hydrogen (secondary N) is 1. The molecule has 0 unspecified atom stereocenters. The lowest BCUT2D eigenvalue weighted by molar-refractivity contribution is -0.113. The Morgan fingerprint density at radius 3 is 2.25 bits per heavy atom. The molecule has 5 heteroatoms. The summed E-state index contributed by atoms with van der Waals surface area (Å²) in [7, 11) is 0. The number of carbonyl (C=O) groups excluding carboxylic acids is 1. The highest BCUT2D eigenvalue weighted by Crippen LogP contribution is 2.60. The smallest absolute Gasteiger partial charge is 0.234 e. The van der Waals surface area contributed by atoms with Crippen molar-refractivity contribution < 1.29 is 9.53 Å². The highest BCUT2D eigenvalue weighted by atomic mass is 32.2. The van der Waals surface area contributed by atoms with Gasteiger partial charge in [0.2, 0.25) is 5.91 Å². The first-order valence-corrected chi connectivity index (χ1v) is 12.0. The second-order valence-electron chi connectivity index (χ2n) is 9.52. The zero-order valence-corrected chi connectivity index (χ0v) is 17.5. The summed E-state index contributed by atoms with van der Waals surface area (Å²) in [5.41, 5.74) is 2.21. The van der Waals surface area contributed by atoms with Gasteiger partial charge in [0.25, 0.3) is 0 Å². The van der Waals surface area contributed by atoms with Gasteiger partial charge in [0.05, 0.1) is 19.0 Å². The lowest BCUT2D eigenvalue weighted by atomic mass is 9.56. The minimum absolute atomic E-state index is 0.154. The van der Waals surface area contributed by atoms with E-state index in [1.165, 1.54) is 44.1 Å². The molecule has 0 radical (unpaired) electrons. The van der Waals surface area contributed by atoms with Gasteiger partial charge in [0, 0.05) is 30.1 Å². The molecular weight excluding hydrogens is 368 g/mol. The van der Waals surface area contributed by atoms with E-state index in [4.69, 9.17) is 4.74 Å². The van der Waals surface area contributed by atoms with Crippen molar-refractivity contribution in [1.82, 2.24) is 4.90 Å². The third kappa shape index (κ3) is 4.27. The fraction of sp³-hybridized carbons (Fsp3) is 0.696. The van der Waals surface area contributed by atoms with E-state index in [2.05, 4.69) is 22.3 Å². The molecule has 0 spiro atoms. The summed E-state index contributed by atoms with van der Waals surface area (Å²) in [5.74, 6) is 3.59. The van der Waals surface area contributed by atoms with Gasteiger partial charge in [0.1, 0.15) is 0 Å². The van der Waals surface area contributed by atoms with Crippen molar-refractivity contribution in [1.29, 1.82) is 0 Å². The maximum Gasteiger partial charge on any atom is 0.234 e. The van der Waals surface area contributed by atoms with Crippen molar-refractivity contribution in [2.75, 3.05) is 37.4 Å². The highest BCUT2D eigenvalue weighted by molar-refractivity contribution is 8.01. The van der Waals surface area contributed by atoms with Gasteiger partial charge in [-0.3, -0.25) is 9.69 Å². The van der Waals surface area contributed by atoms with Gasteiger partial charge in [-0.1, -0.05) is 12.1 Å². The lowest BCUT2D eigenvalue weighted by Crippen LogP contribution is -2.49. The molecule has 1 aliphatic heterocycles. The maximum atomic E-state index is 12.6. The molecule has 5 aliphatic rings. The summed E-state index contributed by atoms with van der Waals surface area (Å²) in [4.78, 5) is 15.0. The number of nitrogens with zero attached hydrogens (tertiary/aromatic N) is 1. The van der Waals surface area contributed by atoms with Gasteiger partial charge in [-0.25, -0.2) is 0 Å². The Kier molecular flexibility index (Phi) is 5.42. The Hall–Kier alpha value is -1.04. The standard InChI is InChI=1S/C23H32N2O2S/c26-22(16-28-23-12-18-9-19(13-23)11-20(10-18)14-23)24-21-3-1-17(2-4-21)15-25-5-7-27-8-6-25/h1-4,18-20H,5-16H2,(H,24,26). The van der Waals surface area contributed by atoms with Gasteiger partial charge in [-0.15, -0.1) is 11.8 Å². The fourth-order valence-electron chi connectivity index (χ4n) is 6.33. The van der Waals surface area contributed by atoms with E-state index in [9.17, 15) is 4.79 Å². The summed E-state index contributed by atoms with van der Waals surface area (Å²) < 4.78 is 5.82. The third-order valence-corrected chi connectivity index (χ3v) is 8.76. The Morgan fingerprint density at radius 2 is 1.64 bits per heavy atom. The number of morpholine rings is 1. The molecule has 4 bridgehead atoms. The molecule has 1 N–H and O–H groups in total. The van der Waals surface area contributed by atoms with Crippen LogP contribution >= 0.6 is 11.8 Å². The Labute approximate surface area is 172 Å². The largest absolute Gasteiger partial charge is 0.379 e. The zero-order valence-electron chi connectivity index (χ0n) is 16.7. The number of thioether (sulfide) groups is 1. The number of carbonyl (C=O) groups is 1. The van der Waals surface area contributed by atoms with Crippen molar-refractivity contribution in [3.05, 3.63) is 29.8 Å². The van der Waals surface area contributed by atoms with Crippen LogP contribution in [0.2, 0.25) is 0 Å². The van der Waals surface area contributed by atoms with Crippen LogP contribution in [0.25, 0.3) is 0 Å². The fourth-order valence-corrected chi connectivity index (χ4v) is 7.90. The van der Waals surface area contributed by atoms with E-state index in [1.807, 2.05) is 23.9 Å². The van der Waals surface area contributed by atoms with Gasteiger partial charge in [0.15, 0.2) is 0 Å². The number of hydrogen-bond donors (Lipinski definition) is 1. The normalized spacial score (nSPS) is 34.5. The van der Waals surface area contributed by atoms with E-state index in [-0.39, 0.29) is 5.91 Å². The van der Waals surface area contributed by atoms with Gasteiger partial charge >= 0.3 is 0 Å². The molecule has 1 aromatic rings. The number of hydrogen-bond acceptors (Lipinski definition) is 4. The van der Waals surface area contributed by atoms with Crippen LogP contribution in [0.15, 0.2) is 24.3 Å². The number of amides is 1. The van der Waals surface area contributed by atoms with Gasteiger partial charge < -0.3 is 10.1 Å². The second-order valence-corrected chi connectivity index (χ2v) is 11.0. The monoisotopic (exact) mass is 400 g/mol. The molecule has 0 atom stereocenters. The third-order valence-electron chi connectivity index (χ3n) is 7.24. The van der Waals surface area contributed by atoms with Crippen LogP contribution in [-0.2, 0) is 16.1 Å². The molecule has 4 nitrogen and oxygen atoms in total. The van der Waals surface area contributed by atoms with Crippen LogP contribution in [-0.4, -0.2) is 47.6 Å². The van der Waals surface area contributed by atoms with Gasteiger partial charge in [-0.2, -0.15) is 0 Å². The van der Waals surface area contributed by atoms with Gasteiger partial charge in [-0.05, 0) is 74.0 Å². The minimum Gasteiger partial charge on any atom is -0.379 e. The van der Waals surface area contributed by atoms with E-state index in [0.29, 0.717) is 10.5 Å². The van der Waals surface area contributed by atoms with Crippen LogP contribution < -0.4 is 5.32 Å². The van der Waals surface area contributed by atoms with Crippen LogP contribution in [0, 0.1) is 17.8 Å². The molecular formula is C23H32N2O2S. The molecule has 152 valence electrons.